The van der Waals surface area contributed by atoms with Crippen molar-refractivity contribution in [1.29, 1.82) is 0 Å². The minimum absolute atomic E-state index is 0.191. The number of rotatable bonds is 3. The Morgan fingerprint density at radius 2 is 2.33 bits per heavy atom. The lowest BCUT2D eigenvalue weighted by Crippen LogP contribution is -2.43. The lowest BCUT2D eigenvalue weighted by atomic mass is 10.1. The summed E-state index contributed by atoms with van der Waals surface area (Å²) in [7, 11) is 1.41. The smallest absolute Gasteiger partial charge is 0.328 e. The van der Waals surface area contributed by atoms with Gasteiger partial charge >= 0.3 is 5.97 Å². The number of hydrogen-bond donors (Lipinski definition) is 1. The Labute approximate surface area is 94.9 Å². The molecular weight excluding hydrogens is 212 g/mol. The molecule has 0 bridgehead atoms. The van der Waals surface area contributed by atoms with Gasteiger partial charge in [-0.3, -0.25) is 4.99 Å². The molecule has 86 valence electrons. The molecule has 4 nitrogen and oxygen atoms in total. The summed E-state index contributed by atoms with van der Waals surface area (Å²) in [4.78, 5) is 15.8. The van der Waals surface area contributed by atoms with Crippen LogP contribution in [0.1, 0.15) is 20.8 Å². The molecule has 15 heavy (non-hydrogen) atoms. The van der Waals surface area contributed by atoms with E-state index in [9.17, 15) is 4.79 Å². The standard InChI is InChI=1S/C10H18N2O2S/c1-6(2)8(9(13)14-4)12-10-11-5-7(3)15-10/h6-8H,5H2,1-4H3,(H,11,12). The van der Waals surface area contributed by atoms with Gasteiger partial charge in [0.1, 0.15) is 6.04 Å². The third kappa shape index (κ3) is 3.41. The van der Waals surface area contributed by atoms with Crippen LogP contribution in [-0.4, -0.2) is 36.1 Å². The van der Waals surface area contributed by atoms with Crippen LogP contribution in [0.15, 0.2) is 4.99 Å². The summed E-state index contributed by atoms with van der Waals surface area (Å²) in [5, 5.41) is 4.49. The highest BCUT2D eigenvalue weighted by Crippen LogP contribution is 2.19. The Kier molecular flexibility index (Phi) is 4.45. The average molecular weight is 230 g/mol. The van der Waals surface area contributed by atoms with Crippen molar-refractivity contribution < 1.29 is 9.53 Å². The topological polar surface area (TPSA) is 50.7 Å². The van der Waals surface area contributed by atoms with E-state index in [0.29, 0.717) is 5.25 Å². The van der Waals surface area contributed by atoms with Gasteiger partial charge in [0.15, 0.2) is 5.17 Å². The molecule has 2 unspecified atom stereocenters. The first-order valence-corrected chi connectivity index (χ1v) is 5.98. The van der Waals surface area contributed by atoms with E-state index in [4.69, 9.17) is 4.74 Å². The molecule has 1 aliphatic heterocycles. The minimum Gasteiger partial charge on any atom is -0.467 e. The van der Waals surface area contributed by atoms with E-state index in [1.807, 2.05) is 13.8 Å². The maximum Gasteiger partial charge on any atom is 0.328 e. The van der Waals surface area contributed by atoms with Crippen LogP contribution in [0.4, 0.5) is 0 Å². The van der Waals surface area contributed by atoms with Gasteiger partial charge < -0.3 is 10.1 Å². The lowest BCUT2D eigenvalue weighted by molar-refractivity contribution is -0.143. The molecule has 2 atom stereocenters. The van der Waals surface area contributed by atoms with Crippen LogP contribution in [0.5, 0.6) is 0 Å². The number of esters is 1. The summed E-state index contributed by atoms with van der Waals surface area (Å²) in [5.41, 5.74) is 0. The summed E-state index contributed by atoms with van der Waals surface area (Å²) in [6.07, 6.45) is 0. The highest BCUT2D eigenvalue weighted by atomic mass is 32.2. The van der Waals surface area contributed by atoms with Crippen molar-refractivity contribution in [1.82, 2.24) is 5.32 Å². The van der Waals surface area contributed by atoms with Crippen molar-refractivity contribution in [2.45, 2.75) is 32.1 Å². The number of carbonyl (C=O) groups is 1. The fraction of sp³-hybridized carbons (Fsp3) is 0.800. The van der Waals surface area contributed by atoms with Crippen molar-refractivity contribution in [3.63, 3.8) is 0 Å². The molecule has 1 rings (SSSR count). The largest absolute Gasteiger partial charge is 0.467 e. The predicted molar refractivity (Wildman–Crippen MR) is 63.1 cm³/mol. The van der Waals surface area contributed by atoms with Crippen LogP contribution in [-0.2, 0) is 9.53 Å². The fourth-order valence-corrected chi connectivity index (χ4v) is 2.19. The first kappa shape index (κ1) is 12.4. The molecule has 0 spiro atoms. The second-order valence-corrected chi connectivity index (χ2v) is 5.39. The zero-order chi connectivity index (χ0) is 11.4. The summed E-state index contributed by atoms with van der Waals surface area (Å²) >= 11 is 1.67. The van der Waals surface area contributed by atoms with Crippen molar-refractivity contribution in [3.8, 4) is 0 Å². The molecule has 0 aromatic rings. The number of amidine groups is 1. The quantitative estimate of drug-likeness (QED) is 0.742. The number of ether oxygens (including phenoxy) is 1. The molecule has 0 fully saturated rings. The number of carbonyl (C=O) groups excluding carboxylic acids is 1. The van der Waals surface area contributed by atoms with Gasteiger partial charge in [-0.25, -0.2) is 4.79 Å². The van der Waals surface area contributed by atoms with Gasteiger partial charge in [-0.1, -0.05) is 32.5 Å². The second-order valence-electron chi connectivity index (χ2n) is 3.96. The maximum absolute atomic E-state index is 11.5. The molecule has 1 heterocycles. The van der Waals surface area contributed by atoms with Gasteiger partial charge in [-0.2, -0.15) is 0 Å². The van der Waals surface area contributed by atoms with Crippen LogP contribution in [0.3, 0.4) is 0 Å². The Morgan fingerprint density at radius 3 is 2.73 bits per heavy atom. The third-order valence-electron chi connectivity index (χ3n) is 2.21. The number of nitrogens with zero attached hydrogens (tertiary/aromatic N) is 1. The summed E-state index contributed by atoms with van der Waals surface area (Å²) in [6.45, 7) is 6.90. The first-order valence-electron chi connectivity index (χ1n) is 5.10. The van der Waals surface area contributed by atoms with E-state index in [-0.39, 0.29) is 17.9 Å². The number of methoxy groups -OCH3 is 1. The Hall–Kier alpha value is -0.710. The highest BCUT2D eigenvalue weighted by molar-refractivity contribution is 8.14. The van der Waals surface area contributed by atoms with Gasteiger partial charge in [0.25, 0.3) is 0 Å². The van der Waals surface area contributed by atoms with Crippen molar-refractivity contribution in [2.75, 3.05) is 13.7 Å². The zero-order valence-corrected chi connectivity index (χ0v) is 10.4. The normalized spacial score (nSPS) is 22.5. The van der Waals surface area contributed by atoms with Crippen LogP contribution in [0.25, 0.3) is 0 Å². The second kappa shape index (κ2) is 5.39. The molecule has 0 amide bonds. The van der Waals surface area contributed by atoms with Crippen molar-refractivity contribution >= 4 is 22.9 Å². The van der Waals surface area contributed by atoms with Crippen LogP contribution < -0.4 is 5.32 Å². The summed E-state index contributed by atoms with van der Waals surface area (Å²) < 4.78 is 4.75. The van der Waals surface area contributed by atoms with Crippen LogP contribution in [0, 0.1) is 5.92 Å². The van der Waals surface area contributed by atoms with E-state index in [1.54, 1.807) is 11.8 Å². The minimum atomic E-state index is -0.299. The third-order valence-corrected chi connectivity index (χ3v) is 3.23. The number of aliphatic imine (C=N–C) groups is 1. The van der Waals surface area contributed by atoms with Crippen molar-refractivity contribution in [2.24, 2.45) is 10.9 Å². The maximum atomic E-state index is 11.5. The Morgan fingerprint density at radius 1 is 1.67 bits per heavy atom. The molecular formula is C10H18N2O2S. The Balaban J connectivity index is 2.56. The number of hydrogen-bond acceptors (Lipinski definition) is 5. The van der Waals surface area contributed by atoms with E-state index < -0.39 is 0 Å². The van der Waals surface area contributed by atoms with Crippen molar-refractivity contribution in [3.05, 3.63) is 0 Å². The predicted octanol–water partition coefficient (Wildman–Crippen LogP) is 1.26. The fourth-order valence-electron chi connectivity index (χ4n) is 1.31. The number of nitrogens with one attached hydrogen (secondary N) is 1. The molecule has 5 heteroatoms. The molecule has 0 aliphatic carbocycles. The zero-order valence-electron chi connectivity index (χ0n) is 9.61. The Bertz CT molecular complexity index is 266. The van der Waals surface area contributed by atoms with Gasteiger partial charge in [0.05, 0.1) is 13.7 Å². The highest BCUT2D eigenvalue weighted by Gasteiger charge is 2.26. The van der Waals surface area contributed by atoms with E-state index in [1.165, 1.54) is 7.11 Å². The van der Waals surface area contributed by atoms with Gasteiger partial charge in [0.2, 0.25) is 0 Å². The van der Waals surface area contributed by atoms with Crippen LogP contribution in [0.2, 0.25) is 0 Å². The van der Waals surface area contributed by atoms with E-state index in [0.717, 1.165) is 11.7 Å². The molecule has 1 aliphatic rings. The number of thioether (sulfide) groups is 1. The van der Waals surface area contributed by atoms with Crippen LogP contribution >= 0.6 is 11.8 Å². The van der Waals surface area contributed by atoms with Gasteiger partial charge in [-0.05, 0) is 5.92 Å². The SMILES string of the molecule is COC(=O)C(NC1=NCC(C)S1)C(C)C. The summed E-state index contributed by atoms with van der Waals surface area (Å²) in [5.74, 6) is -0.0375. The molecule has 0 saturated heterocycles. The molecule has 0 saturated carbocycles. The van der Waals surface area contributed by atoms with E-state index in [2.05, 4.69) is 17.2 Å². The monoisotopic (exact) mass is 230 g/mol. The molecule has 1 N–H and O–H groups in total. The lowest BCUT2D eigenvalue weighted by Gasteiger charge is -2.20. The van der Waals surface area contributed by atoms with Gasteiger partial charge in [-0.15, -0.1) is 0 Å². The van der Waals surface area contributed by atoms with E-state index >= 15 is 0 Å². The van der Waals surface area contributed by atoms with Gasteiger partial charge in [0, 0.05) is 5.25 Å². The average Bonchev–Trinajstić information content (AvgIpc) is 2.59. The molecule has 0 aromatic heterocycles. The molecule has 0 radical (unpaired) electrons. The first-order chi connectivity index (χ1) is 7.04. The molecule has 0 aromatic carbocycles. The summed E-state index contributed by atoms with van der Waals surface area (Å²) in [6, 6.07) is -0.299.